The molecule has 122 valence electrons. The number of benzene rings is 1. The minimum absolute atomic E-state index is 0.0247. The maximum absolute atomic E-state index is 13.0. The van der Waals surface area contributed by atoms with Gasteiger partial charge in [0.1, 0.15) is 0 Å². The molecule has 0 saturated carbocycles. The summed E-state index contributed by atoms with van der Waals surface area (Å²) < 4.78 is 51.7. The van der Waals surface area contributed by atoms with Crippen molar-refractivity contribution >= 4 is 15.9 Å². The van der Waals surface area contributed by atoms with Gasteiger partial charge in [0, 0.05) is 38.5 Å². The van der Waals surface area contributed by atoms with Gasteiger partial charge >= 0.3 is 0 Å². The van der Waals surface area contributed by atoms with Crippen molar-refractivity contribution < 1.29 is 22.0 Å². The van der Waals surface area contributed by atoms with Gasteiger partial charge in [-0.15, -0.1) is 0 Å². The van der Waals surface area contributed by atoms with Crippen molar-refractivity contribution in [1.82, 2.24) is 15.4 Å². The number of carbonyl (C=O) groups is 1. The number of nitrogens with one attached hydrogen (secondary N) is 3. The van der Waals surface area contributed by atoms with Crippen molar-refractivity contribution in [1.29, 1.82) is 0 Å². The Hall–Kier alpha value is -1.58. The summed E-state index contributed by atoms with van der Waals surface area (Å²) in [5, 5.41) is 5.78. The zero-order valence-electron chi connectivity index (χ0n) is 11.7. The van der Waals surface area contributed by atoms with Crippen LogP contribution in [0.1, 0.15) is 6.42 Å². The highest BCUT2D eigenvalue weighted by molar-refractivity contribution is 7.89. The molecule has 1 heterocycles. The smallest absolute Gasteiger partial charge is 0.240 e. The second kappa shape index (κ2) is 7.12. The Morgan fingerprint density at radius 2 is 2.00 bits per heavy atom. The molecule has 6 nitrogen and oxygen atoms in total. The van der Waals surface area contributed by atoms with Crippen LogP contribution < -0.4 is 15.4 Å². The first kappa shape index (κ1) is 16.8. The van der Waals surface area contributed by atoms with Gasteiger partial charge in [0.2, 0.25) is 15.9 Å². The molecule has 1 aromatic carbocycles. The van der Waals surface area contributed by atoms with E-state index in [1.807, 2.05) is 0 Å². The quantitative estimate of drug-likeness (QED) is 0.654. The minimum atomic E-state index is -3.97. The van der Waals surface area contributed by atoms with E-state index in [1.54, 1.807) is 0 Å². The van der Waals surface area contributed by atoms with Crippen molar-refractivity contribution in [2.75, 3.05) is 26.2 Å². The van der Waals surface area contributed by atoms with E-state index in [2.05, 4.69) is 15.4 Å². The van der Waals surface area contributed by atoms with Crippen LogP contribution in [0, 0.1) is 17.6 Å². The summed E-state index contributed by atoms with van der Waals surface area (Å²) >= 11 is 0. The largest absolute Gasteiger partial charge is 0.356 e. The highest BCUT2D eigenvalue weighted by atomic mass is 32.2. The maximum Gasteiger partial charge on any atom is 0.240 e. The average molecular weight is 333 g/mol. The zero-order chi connectivity index (χ0) is 16.2. The lowest BCUT2D eigenvalue weighted by atomic mass is 10.0. The lowest BCUT2D eigenvalue weighted by molar-refractivity contribution is -0.121. The van der Waals surface area contributed by atoms with Crippen molar-refractivity contribution in [2.24, 2.45) is 5.92 Å². The highest BCUT2D eigenvalue weighted by Crippen LogP contribution is 2.13. The first-order valence-corrected chi connectivity index (χ1v) is 8.29. The molecule has 1 saturated heterocycles. The summed E-state index contributed by atoms with van der Waals surface area (Å²) in [4.78, 5) is 11.2. The molecule has 0 spiro atoms. The van der Waals surface area contributed by atoms with E-state index in [4.69, 9.17) is 0 Å². The number of hydrogen-bond acceptors (Lipinski definition) is 4. The third-order valence-corrected chi connectivity index (χ3v) is 4.76. The summed E-state index contributed by atoms with van der Waals surface area (Å²) in [7, 11) is -3.97. The first-order valence-electron chi connectivity index (χ1n) is 6.80. The van der Waals surface area contributed by atoms with E-state index in [9.17, 15) is 22.0 Å². The molecule has 2 rings (SSSR count). The molecular weight excluding hydrogens is 316 g/mol. The van der Waals surface area contributed by atoms with Crippen molar-refractivity contribution in [3.05, 3.63) is 29.8 Å². The summed E-state index contributed by atoms with van der Waals surface area (Å²) in [5.41, 5.74) is 0. The lowest BCUT2D eigenvalue weighted by Crippen LogP contribution is -2.48. The topological polar surface area (TPSA) is 87.3 Å². The van der Waals surface area contributed by atoms with E-state index in [-0.39, 0.29) is 23.8 Å². The fraction of sp³-hybridized carbons (Fsp3) is 0.462. The summed E-state index contributed by atoms with van der Waals surface area (Å²) in [6.07, 6.45) is -0.0247. The molecular formula is C13H17F2N3O3S. The molecule has 9 heteroatoms. The Labute approximate surface area is 127 Å². The summed E-state index contributed by atoms with van der Waals surface area (Å²) in [6, 6.07) is 2.30. The molecule has 0 aromatic heterocycles. The van der Waals surface area contributed by atoms with Crippen LogP contribution in [0.25, 0.3) is 0 Å². The molecule has 0 bridgehead atoms. The van der Waals surface area contributed by atoms with Crippen LogP contribution in [0.2, 0.25) is 0 Å². The molecule has 22 heavy (non-hydrogen) atoms. The molecule has 1 amide bonds. The van der Waals surface area contributed by atoms with Gasteiger partial charge in [-0.25, -0.2) is 21.9 Å². The number of rotatable bonds is 7. The van der Waals surface area contributed by atoms with Gasteiger partial charge in [-0.3, -0.25) is 4.79 Å². The van der Waals surface area contributed by atoms with Gasteiger partial charge in [-0.1, -0.05) is 0 Å². The Bertz CT molecular complexity index is 648. The van der Waals surface area contributed by atoms with Crippen LogP contribution in [-0.4, -0.2) is 40.5 Å². The molecule has 0 radical (unpaired) electrons. The number of sulfonamides is 1. The van der Waals surface area contributed by atoms with Gasteiger partial charge in [0.05, 0.1) is 4.90 Å². The van der Waals surface area contributed by atoms with Crippen LogP contribution in [0.15, 0.2) is 23.1 Å². The predicted octanol–water partition coefficient (Wildman–Crippen LogP) is -0.0312. The van der Waals surface area contributed by atoms with E-state index in [1.165, 1.54) is 0 Å². The van der Waals surface area contributed by atoms with Crippen LogP contribution in [0.4, 0.5) is 8.78 Å². The second-order valence-electron chi connectivity index (χ2n) is 5.05. The Morgan fingerprint density at radius 1 is 1.27 bits per heavy atom. The molecule has 3 N–H and O–H groups in total. The van der Waals surface area contributed by atoms with Crippen LogP contribution in [0.3, 0.4) is 0 Å². The zero-order valence-corrected chi connectivity index (χ0v) is 12.6. The monoisotopic (exact) mass is 333 g/mol. The molecule has 0 aliphatic carbocycles. The van der Waals surface area contributed by atoms with Gasteiger partial charge in [0.25, 0.3) is 0 Å². The number of halogens is 2. The summed E-state index contributed by atoms with van der Waals surface area (Å²) in [6.45, 7) is 2.17. The average Bonchev–Trinajstić information content (AvgIpc) is 2.39. The predicted molar refractivity (Wildman–Crippen MR) is 75.5 cm³/mol. The van der Waals surface area contributed by atoms with E-state index >= 15 is 0 Å². The second-order valence-corrected chi connectivity index (χ2v) is 6.82. The lowest BCUT2D eigenvalue weighted by Gasteiger charge is -2.27. The maximum atomic E-state index is 13.0. The molecule has 1 aromatic rings. The van der Waals surface area contributed by atoms with Gasteiger partial charge in [-0.05, 0) is 18.2 Å². The number of hydrogen-bond donors (Lipinski definition) is 3. The fourth-order valence-electron chi connectivity index (χ4n) is 1.87. The number of amides is 1. The Balaban J connectivity index is 1.79. The standard InChI is InChI=1S/C13H17F2N3O3S/c14-11-2-1-10(5-12(11)15)22(20,21)18-4-3-13(19)17-8-9-6-16-7-9/h1-2,5,9,16,18H,3-4,6-8H2,(H,17,19). The first-order chi connectivity index (χ1) is 10.4. The third-order valence-electron chi connectivity index (χ3n) is 3.30. The molecule has 0 atom stereocenters. The van der Waals surface area contributed by atoms with Crippen molar-refractivity contribution in [3.63, 3.8) is 0 Å². The van der Waals surface area contributed by atoms with E-state index in [0.29, 0.717) is 18.5 Å². The number of carbonyl (C=O) groups excluding carboxylic acids is 1. The normalized spacial score (nSPS) is 15.4. The molecule has 0 unspecified atom stereocenters. The van der Waals surface area contributed by atoms with Gasteiger partial charge in [0.15, 0.2) is 11.6 Å². The van der Waals surface area contributed by atoms with Crippen LogP contribution in [-0.2, 0) is 14.8 Å². The fourth-order valence-corrected chi connectivity index (χ4v) is 2.91. The molecule has 1 aliphatic rings. The third kappa shape index (κ3) is 4.46. The Morgan fingerprint density at radius 3 is 2.59 bits per heavy atom. The van der Waals surface area contributed by atoms with Crippen LogP contribution >= 0.6 is 0 Å². The Kier molecular flexibility index (Phi) is 5.43. The molecule has 1 aliphatic heterocycles. The minimum Gasteiger partial charge on any atom is -0.356 e. The van der Waals surface area contributed by atoms with Crippen molar-refractivity contribution in [3.8, 4) is 0 Å². The highest BCUT2D eigenvalue weighted by Gasteiger charge is 2.18. The van der Waals surface area contributed by atoms with E-state index < -0.39 is 21.7 Å². The SMILES string of the molecule is O=C(CCNS(=O)(=O)c1ccc(F)c(F)c1)NCC1CNC1. The van der Waals surface area contributed by atoms with Crippen molar-refractivity contribution in [2.45, 2.75) is 11.3 Å². The van der Waals surface area contributed by atoms with Crippen LogP contribution in [0.5, 0.6) is 0 Å². The summed E-state index contributed by atoms with van der Waals surface area (Å²) in [5.74, 6) is -2.21. The van der Waals surface area contributed by atoms with Gasteiger partial charge < -0.3 is 10.6 Å². The van der Waals surface area contributed by atoms with Gasteiger partial charge in [-0.2, -0.15) is 0 Å². The molecule has 1 fully saturated rings. The van der Waals surface area contributed by atoms with E-state index in [0.717, 1.165) is 25.2 Å².